The summed E-state index contributed by atoms with van der Waals surface area (Å²) in [6.07, 6.45) is 4.93. The van der Waals surface area contributed by atoms with Crippen molar-refractivity contribution in [2.45, 2.75) is 52.2 Å². The normalized spacial score (nSPS) is 20.3. The lowest BCUT2D eigenvalue weighted by molar-refractivity contribution is -0.00545. The predicted molar refractivity (Wildman–Crippen MR) is 125 cm³/mol. The first-order chi connectivity index (χ1) is 15.5. The number of morpholine rings is 1. The molecule has 2 aromatic heterocycles. The van der Waals surface area contributed by atoms with Crippen LogP contribution >= 0.6 is 0 Å². The molecule has 3 aromatic rings. The smallest absolute Gasteiger partial charge is 0.276 e. The summed E-state index contributed by atoms with van der Waals surface area (Å²) < 4.78 is 7.76. The summed E-state index contributed by atoms with van der Waals surface area (Å²) in [6, 6.07) is 12.0. The molecule has 0 saturated carbocycles. The third-order valence-electron chi connectivity index (χ3n) is 6.24. The summed E-state index contributed by atoms with van der Waals surface area (Å²) in [5.41, 5.74) is 5.57. The van der Waals surface area contributed by atoms with Gasteiger partial charge in [0.15, 0.2) is 5.69 Å². The lowest BCUT2D eigenvalue weighted by Gasteiger charge is -2.36. The van der Waals surface area contributed by atoms with Gasteiger partial charge in [0.1, 0.15) is 5.82 Å². The molecule has 2 aliphatic rings. The second kappa shape index (κ2) is 8.39. The van der Waals surface area contributed by atoms with Crippen LogP contribution < -0.4 is 10.2 Å². The molecule has 2 unspecified atom stereocenters. The highest BCUT2D eigenvalue weighted by Gasteiger charge is 2.28. The van der Waals surface area contributed by atoms with Crippen LogP contribution in [0, 0.1) is 6.92 Å². The van der Waals surface area contributed by atoms with Crippen molar-refractivity contribution in [3.05, 3.63) is 65.1 Å². The molecule has 5 rings (SSSR count). The number of aryl methyl sites for hydroxylation is 1. The molecule has 2 atom stereocenters. The van der Waals surface area contributed by atoms with E-state index in [1.807, 2.05) is 28.9 Å². The monoisotopic (exact) mass is 431 g/mol. The number of amides is 1. The number of nitrogens with one attached hydrogen (secondary N) is 1. The number of rotatable bonds is 4. The average Bonchev–Trinajstić information content (AvgIpc) is 3.37. The zero-order valence-corrected chi connectivity index (χ0v) is 18.8. The number of benzene rings is 1. The Morgan fingerprint density at radius 2 is 1.88 bits per heavy atom. The average molecular weight is 432 g/mol. The molecule has 1 aromatic carbocycles. The van der Waals surface area contributed by atoms with Gasteiger partial charge in [-0.05, 0) is 63.8 Å². The van der Waals surface area contributed by atoms with E-state index in [9.17, 15) is 4.79 Å². The summed E-state index contributed by atoms with van der Waals surface area (Å²) >= 11 is 0. The zero-order chi connectivity index (χ0) is 22.2. The number of pyridine rings is 1. The number of hydrogen-bond donors (Lipinski definition) is 1. The Hall–Kier alpha value is -3.19. The number of ether oxygens (including phenoxy) is 1. The molecule has 0 spiro atoms. The fourth-order valence-corrected chi connectivity index (χ4v) is 4.82. The van der Waals surface area contributed by atoms with Crippen molar-refractivity contribution in [2.24, 2.45) is 0 Å². The van der Waals surface area contributed by atoms with Crippen molar-refractivity contribution in [3.63, 3.8) is 0 Å². The summed E-state index contributed by atoms with van der Waals surface area (Å²) in [5, 5.41) is 7.72. The van der Waals surface area contributed by atoms with Crippen molar-refractivity contribution in [1.82, 2.24) is 14.8 Å². The Bertz CT molecular complexity index is 1130. The van der Waals surface area contributed by atoms with E-state index in [0.717, 1.165) is 60.7 Å². The van der Waals surface area contributed by atoms with Gasteiger partial charge in [0.2, 0.25) is 0 Å². The van der Waals surface area contributed by atoms with E-state index in [-0.39, 0.29) is 18.1 Å². The molecular formula is C25H29N5O2. The molecule has 1 N–H and O–H groups in total. The van der Waals surface area contributed by atoms with Crippen molar-refractivity contribution < 1.29 is 9.53 Å². The molecule has 3 heterocycles. The molecule has 1 aliphatic carbocycles. The first kappa shape index (κ1) is 20.7. The van der Waals surface area contributed by atoms with E-state index in [4.69, 9.17) is 9.84 Å². The minimum atomic E-state index is -0.182. The van der Waals surface area contributed by atoms with E-state index in [0.29, 0.717) is 11.4 Å². The molecule has 1 saturated heterocycles. The van der Waals surface area contributed by atoms with Crippen LogP contribution in [0.15, 0.2) is 42.6 Å². The Labute approximate surface area is 188 Å². The van der Waals surface area contributed by atoms with Gasteiger partial charge >= 0.3 is 0 Å². The largest absolute Gasteiger partial charge is 0.372 e. The lowest BCUT2D eigenvalue weighted by Crippen LogP contribution is -2.45. The van der Waals surface area contributed by atoms with Crippen LogP contribution in [-0.4, -0.2) is 46.0 Å². The Balaban J connectivity index is 1.36. The quantitative estimate of drug-likeness (QED) is 0.678. The van der Waals surface area contributed by atoms with Gasteiger partial charge < -0.3 is 15.0 Å². The maximum Gasteiger partial charge on any atom is 0.276 e. The molecule has 1 aliphatic heterocycles. The lowest BCUT2D eigenvalue weighted by atomic mass is 10.1. The summed E-state index contributed by atoms with van der Waals surface area (Å²) in [4.78, 5) is 19.9. The Morgan fingerprint density at radius 1 is 1.09 bits per heavy atom. The van der Waals surface area contributed by atoms with Crippen LogP contribution in [0.3, 0.4) is 0 Å². The highest BCUT2D eigenvalue weighted by Crippen LogP contribution is 2.29. The summed E-state index contributed by atoms with van der Waals surface area (Å²) in [5.74, 6) is 0.716. The highest BCUT2D eigenvalue weighted by molar-refractivity contribution is 6.04. The predicted octanol–water partition coefficient (Wildman–Crippen LogP) is 3.93. The number of carbonyl (C=O) groups is 1. The SMILES string of the molecule is Cc1ccccc1-n1nc(C(=O)Nc2ccc(N3CC(C)OC(C)C3)nc2)c2c1CCC2. The van der Waals surface area contributed by atoms with Gasteiger partial charge in [-0.2, -0.15) is 5.10 Å². The summed E-state index contributed by atoms with van der Waals surface area (Å²) in [6.45, 7) is 7.84. The number of carbonyl (C=O) groups excluding carboxylic acids is 1. The van der Waals surface area contributed by atoms with Gasteiger partial charge in [-0.1, -0.05) is 18.2 Å². The second-order valence-corrected chi connectivity index (χ2v) is 8.85. The fraction of sp³-hybridized carbons (Fsp3) is 0.400. The molecular weight excluding hydrogens is 402 g/mol. The number of nitrogens with zero attached hydrogens (tertiary/aromatic N) is 4. The molecule has 0 radical (unpaired) electrons. The van der Waals surface area contributed by atoms with E-state index in [1.54, 1.807) is 6.20 Å². The molecule has 7 nitrogen and oxygen atoms in total. The number of hydrogen-bond acceptors (Lipinski definition) is 5. The van der Waals surface area contributed by atoms with Crippen molar-refractivity contribution in [3.8, 4) is 5.69 Å². The van der Waals surface area contributed by atoms with E-state index in [1.165, 1.54) is 0 Å². The van der Waals surface area contributed by atoms with Crippen molar-refractivity contribution in [1.29, 1.82) is 0 Å². The molecule has 1 fully saturated rings. The van der Waals surface area contributed by atoms with Crippen molar-refractivity contribution >= 4 is 17.4 Å². The van der Waals surface area contributed by atoms with Crippen LogP contribution in [0.5, 0.6) is 0 Å². The van der Waals surface area contributed by atoms with Gasteiger partial charge in [-0.25, -0.2) is 9.67 Å². The fourth-order valence-electron chi connectivity index (χ4n) is 4.82. The first-order valence-electron chi connectivity index (χ1n) is 11.3. The van der Waals surface area contributed by atoms with Crippen LogP contribution in [-0.2, 0) is 17.6 Å². The standard InChI is InChI=1S/C25H29N5O2/c1-16-7-4-5-9-21(16)30-22-10-6-8-20(22)24(28-30)25(31)27-19-11-12-23(26-13-19)29-14-17(2)32-18(3)15-29/h4-5,7,9,11-13,17-18H,6,8,10,14-15H2,1-3H3,(H,27,31). The third-order valence-corrected chi connectivity index (χ3v) is 6.24. The topological polar surface area (TPSA) is 72.3 Å². The van der Waals surface area contributed by atoms with E-state index < -0.39 is 0 Å². The molecule has 32 heavy (non-hydrogen) atoms. The Morgan fingerprint density at radius 3 is 2.59 bits per heavy atom. The van der Waals surface area contributed by atoms with Gasteiger partial charge in [0, 0.05) is 24.3 Å². The maximum atomic E-state index is 13.1. The Kier molecular flexibility index (Phi) is 5.43. The molecule has 0 bridgehead atoms. The van der Waals surface area contributed by atoms with Crippen molar-refractivity contribution in [2.75, 3.05) is 23.3 Å². The number of fused-ring (bicyclic) bond motifs is 1. The minimum Gasteiger partial charge on any atom is -0.372 e. The maximum absolute atomic E-state index is 13.1. The van der Waals surface area contributed by atoms with Gasteiger partial charge in [-0.15, -0.1) is 0 Å². The zero-order valence-electron chi connectivity index (χ0n) is 18.8. The van der Waals surface area contributed by atoms with Crippen LogP contribution in [0.2, 0.25) is 0 Å². The minimum absolute atomic E-state index is 0.172. The number of aromatic nitrogens is 3. The van der Waals surface area contributed by atoms with E-state index >= 15 is 0 Å². The van der Waals surface area contributed by atoms with Gasteiger partial charge in [-0.3, -0.25) is 4.79 Å². The second-order valence-electron chi connectivity index (χ2n) is 8.85. The van der Waals surface area contributed by atoms with Gasteiger partial charge in [0.25, 0.3) is 5.91 Å². The first-order valence-corrected chi connectivity index (χ1v) is 11.3. The van der Waals surface area contributed by atoms with Crippen LogP contribution in [0.4, 0.5) is 11.5 Å². The number of para-hydroxylation sites is 1. The highest BCUT2D eigenvalue weighted by atomic mass is 16.5. The molecule has 7 heteroatoms. The third kappa shape index (κ3) is 3.88. The van der Waals surface area contributed by atoms with Gasteiger partial charge in [0.05, 0.1) is 29.8 Å². The van der Waals surface area contributed by atoms with Crippen LogP contribution in [0.25, 0.3) is 5.69 Å². The number of anilines is 2. The molecule has 1 amide bonds. The molecule has 166 valence electrons. The van der Waals surface area contributed by atoms with E-state index in [2.05, 4.69) is 48.1 Å². The summed E-state index contributed by atoms with van der Waals surface area (Å²) in [7, 11) is 0. The van der Waals surface area contributed by atoms with Crippen LogP contribution in [0.1, 0.15) is 47.6 Å².